The topological polar surface area (TPSA) is 120 Å². The molecule has 9 heteroatoms. The molecule has 35 heavy (non-hydrogen) atoms. The van der Waals surface area contributed by atoms with Gasteiger partial charge in [-0.15, -0.1) is 0 Å². The molecule has 0 aromatic heterocycles. The monoisotopic (exact) mass is 490 g/mol. The van der Waals surface area contributed by atoms with E-state index < -0.39 is 16.4 Å². The zero-order chi connectivity index (χ0) is 24.8. The van der Waals surface area contributed by atoms with Crippen LogP contribution in [-0.4, -0.2) is 16.1 Å². The van der Waals surface area contributed by atoms with E-state index in [4.69, 9.17) is 16.7 Å². The van der Waals surface area contributed by atoms with Crippen LogP contribution in [0.1, 0.15) is 22.6 Å². The molecule has 0 radical (unpaired) electrons. The third-order valence-electron chi connectivity index (χ3n) is 5.47. The Balaban J connectivity index is 1.97. The standard InChI is InChI=1S/C26H23ClN4O4/c27-22-16-21(23(30(32)33)17-24(22)31(34)35)25(18-10-4-1-5-11-18)26(19-12-6-2-7-13-19)29-28-20-14-8-3-9-15-20/h1-17,25,28,30-32,34H/t25-/m1/s1. The van der Waals surface area contributed by atoms with Crippen LogP contribution in [0.5, 0.6) is 0 Å². The first kappa shape index (κ1) is 24.5. The molecular formula is C26H23ClN4O4. The van der Waals surface area contributed by atoms with Crippen LogP contribution in [0.2, 0.25) is 5.02 Å². The van der Waals surface area contributed by atoms with Crippen LogP contribution in [0.25, 0.3) is 0 Å². The van der Waals surface area contributed by atoms with Gasteiger partial charge in [0.25, 0.3) is 0 Å². The molecule has 5 N–H and O–H groups in total. The van der Waals surface area contributed by atoms with E-state index in [-0.39, 0.29) is 16.4 Å². The van der Waals surface area contributed by atoms with Crippen LogP contribution in [-0.2, 0) is 0 Å². The van der Waals surface area contributed by atoms with Gasteiger partial charge in [-0.3, -0.25) is 5.43 Å². The third-order valence-corrected chi connectivity index (χ3v) is 5.78. The number of nitrogens with zero attached hydrogens (tertiary/aromatic N) is 1. The average molecular weight is 491 g/mol. The van der Waals surface area contributed by atoms with Crippen LogP contribution in [0, 0.1) is 10.4 Å². The zero-order valence-corrected chi connectivity index (χ0v) is 19.2. The van der Waals surface area contributed by atoms with E-state index in [0.717, 1.165) is 22.9 Å². The number of halogens is 1. The van der Waals surface area contributed by atoms with Gasteiger partial charge in [0, 0.05) is 5.56 Å². The summed E-state index contributed by atoms with van der Waals surface area (Å²) in [6.45, 7) is 0. The number of rotatable bonds is 8. The van der Waals surface area contributed by atoms with Gasteiger partial charge in [0.1, 0.15) is 5.02 Å². The Labute approximate surface area is 207 Å². The van der Waals surface area contributed by atoms with Crippen LogP contribution in [0.3, 0.4) is 0 Å². The molecule has 4 aromatic carbocycles. The maximum atomic E-state index is 12.3. The molecule has 0 fully saturated rings. The Hall–Kier alpha value is -3.60. The summed E-state index contributed by atoms with van der Waals surface area (Å²) in [6, 6.07) is 30.6. The Bertz CT molecular complexity index is 1290. The molecule has 0 saturated heterocycles. The lowest BCUT2D eigenvalue weighted by Gasteiger charge is -2.26. The number of hydrazone groups is 1. The molecule has 3 atom stereocenters. The molecule has 0 heterocycles. The van der Waals surface area contributed by atoms with Crippen molar-refractivity contribution in [3.05, 3.63) is 135 Å². The van der Waals surface area contributed by atoms with Gasteiger partial charge < -0.3 is 10.4 Å². The number of benzene rings is 4. The lowest BCUT2D eigenvalue weighted by Crippen LogP contribution is -3.01. The summed E-state index contributed by atoms with van der Waals surface area (Å²) in [6.07, 6.45) is 0. The SMILES string of the molecule is [O-][NH+](O)c1cc([NH+]([O-])O)c([C@H](C(=NNc2ccccc2)c2ccccc2)c2ccccc2)cc1Cl. The lowest BCUT2D eigenvalue weighted by molar-refractivity contribution is -0.996. The fourth-order valence-electron chi connectivity index (χ4n) is 3.85. The van der Waals surface area contributed by atoms with Crippen molar-refractivity contribution >= 4 is 34.4 Å². The number of hydrogen-bond donors (Lipinski definition) is 5. The second kappa shape index (κ2) is 11.2. The maximum Gasteiger partial charge on any atom is 0.188 e. The normalized spacial score (nSPS) is 14.3. The minimum absolute atomic E-state index is 0.0538. The lowest BCUT2D eigenvalue weighted by atomic mass is 9.83. The molecule has 0 spiro atoms. The van der Waals surface area contributed by atoms with Gasteiger partial charge in [-0.2, -0.15) is 15.6 Å². The molecule has 0 aliphatic heterocycles. The van der Waals surface area contributed by atoms with E-state index in [2.05, 4.69) is 5.43 Å². The van der Waals surface area contributed by atoms with Crippen molar-refractivity contribution in [1.29, 1.82) is 0 Å². The van der Waals surface area contributed by atoms with Crippen molar-refractivity contribution in [2.75, 3.05) is 5.43 Å². The molecule has 4 aromatic rings. The summed E-state index contributed by atoms with van der Waals surface area (Å²) in [5, 5.41) is 45.6. The predicted octanol–water partition coefficient (Wildman–Crippen LogP) is 3.80. The molecule has 0 aliphatic rings. The fourth-order valence-corrected chi connectivity index (χ4v) is 4.10. The second-order valence-corrected chi connectivity index (χ2v) is 8.12. The molecule has 0 aliphatic carbocycles. The van der Waals surface area contributed by atoms with Gasteiger partial charge in [0.2, 0.25) is 0 Å². The molecule has 4 rings (SSSR count). The summed E-state index contributed by atoms with van der Waals surface area (Å²) in [7, 11) is 0. The van der Waals surface area contributed by atoms with E-state index in [9.17, 15) is 20.8 Å². The first-order valence-electron chi connectivity index (χ1n) is 10.7. The summed E-state index contributed by atoms with van der Waals surface area (Å²) >= 11 is 6.33. The molecule has 0 saturated carbocycles. The smallest absolute Gasteiger partial charge is 0.188 e. The predicted molar refractivity (Wildman–Crippen MR) is 134 cm³/mol. The molecule has 0 bridgehead atoms. The second-order valence-electron chi connectivity index (χ2n) is 7.71. The number of para-hydroxylation sites is 1. The van der Waals surface area contributed by atoms with E-state index in [1.807, 2.05) is 91.0 Å². The maximum absolute atomic E-state index is 12.3. The van der Waals surface area contributed by atoms with Gasteiger partial charge in [0.05, 0.1) is 23.4 Å². The summed E-state index contributed by atoms with van der Waals surface area (Å²) in [5.41, 5.74) is 5.79. The van der Waals surface area contributed by atoms with Crippen molar-refractivity contribution in [1.82, 2.24) is 0 Å². The van der Waals surface area contributed by atoms with E-state index >= 15 is 0 Å². The van der Waals surface area contributed by atoms with Gasteiger partial charge in [-0.25, -0.2) is 10.4 Å². The van der Waals surface area contributed by atoms with Crippen LogP contribution < -0.4 is 15.9 Å². The average Bonchev–Trinajstić information content (AvgIpc) is 2.87. The van der Waals surface area contributed by atoms with Crippen molar-refractivity contribution in [2.45, 2.75) is 5.92 Å². The quantitative estimate of drug-likeness (QED) is 0.190. The third kappa shape index (κ3) is 5.73. The van der Waals surface area contributed by atoms with Gasteiger partial charge in [-0.1, -0.05) is 90.5 Å². The van der Waals surface area contributed by atoms with Crippen molar-refractivity contribution in [3.63, 3.8) is 0 Å². The highest BCUT2D eigenvalue weighted by Crippen LogP contribution is 2.36. The zero-order valence-electron chi connectivity index (χ0n) is 18.4. The molecule has 178 valence electrons. The van der Waals surface area contributed by atoms with E-state index in [1.54, 1.807) is 0 Å². The fraction of sp³-hybridized carbons (Fsp3) is 0.0385. The minimum atomic E-state index is -1.30. The molecule has 2 unspecified atom stereocenters. The highest BCUT2D eigenvalue weighted by Gasteiger charge is 2.30. The van der Waals surface area contributed by atoms with E-state index in [1.165, 1.54) is 6.07 Å². The highest BCUT2D eigenvalue weighted by molar-refractivity contribution is 6.32. The van der Waals surface area contributed by atoms with Crippen LogP contribution >= 0.6 is 11.6 Å². The summed E-state index contributed by atoms with van der Waals surface area (Å²) < 4.78 is 0. The van der Waals surface area contributed by atoms with Crippen LogP contribution in [0.15, 0.2) is 108 Å². The number of nitrogens with one attached hydrogen (secondary N) is 3. The van der Waals surface area contributed by atoms with E-state index in [0.29, 0.717) is 11.3 Å². The van der Waals surface area contributed by atoms with Crippen molar-refractivity contribution < 1.29 is 20.9 Å². The van der Waals surface area contributed by atoms with Crippen molar-refractivity contribution in [2.24, 2.45) is 5.10 Å². The Kier molecular flexibility index (Phi) is 7.86. The largest absolute Gasteiger partial charge is 0.595 e. The highest BCUT2D eigenvalue weighted by atomic mass is 35.5. The number of anilines is 1. The Morgan fingerprint density at radius 3 is 1.89 bits per heavy atom. The van der Waals surface area contributed by atoms with Gasteiger partial charge >= 0.3 is 0 Å². The first-order chi connectivity index (χ1) is 17.0. The van der Waals surface area contributed by atoms with Crippen molar-refractivity contribution in [3.8, 4) is 0 Å². The Morgan fingerprint density at radius 1 is 0.771 bits per heavy atom. The van der Waals surface area contributed by atoms with Gasteiger partial charge in [0.15, 0.2) is 11.4 Å². The van der Waals surface area contributed by atoms with Gasteiger partial charge in [-0.05, 0) is 29.3 Å². The molecule has 8 nitrogen and oxygen atoms in total. The summed E-state index contributed by atoms with van der Waals surface area (Å²) in [4.78, 5) is 0. The summed E-state index contributed by atoms with van der Waals surface area (Å²) in [5.74, 6) is -0.666. The first-order valence-corrected chi connectivity index (χ1v) is 11.1. The minimum Gasteiger partial charge on any atom is -0.595 e. The number of quaternary nitrogens is 2. The Morgan fingerprint density at radius 2 is 1.31 bits per heavy atom. The molecular weight excluding hydrogens is 468 g/mol. The van der Waals surface area contributed by atoms with Crippen LogP contribution in [0.4, 0.5) is 17.1 Å². The number of hydrogen-bond acceptors (Lipinski definition) is 6. The molecule has 0 amide bonds.